The highest BCUT2D eigenvalue weighted by atomic mass is 16.5. The van der Waals surface area contributed by atoms with E-state index in [4.69, 9.17) is 4.74 Å². The second-order valence-corrected chi connectivity index (χ2v) is 6.06. The lowest BCUT2D eigenvalue weighted by atomic mass is 10.1. The van der Waals surface area contributed by atoms with Crippen molar-refractivity contribution in [3.8, 4) is 17.0 Å². The lowest BCUT2D eigenvalue weighted by Gasteiger charge is -2.15. The summed E-state index contributed by atoms with van der Waals surface area (Å²) >= 11 is 0. The number of carbonyl (C=O) groups is 1. The topological polar surface area (TPSA) is 86.1 Å². The molecule has 0 bridgehead atoms. The van der Waals surface area contributed by atoms with Crippen molar-refractivity contribution in [2.75, 3.05) is 12.4 Å². The molecule has 7 nitrogen and oxygen atoms in total. The summed E-state index contributed by atoms with van der Waals surface area (Å²) in [6.45, 7) is 3.47. The van der Waals surface area contributed by atoms with Crippen LogP contribution in [0.5, 0.6) is 5.75 Å². The van der Waals surface area contributed by atoms with E-state index in [1.807, 2.05) is 37.3 Å². The third-order valence-corrected chi connectivity index (χ3v) is 4.21. The number of aryl methyl sites for hydroxylation is 1. The Labute approximate surface area is 156 Å². The van der Waals surface area contributed by atoms with E-state index in [9.17, 15) is 9.59 Å². The summed E-state index contributed by atoms with van der Waals surface area (Å²) in [5.74, 6) is 0.831. The summed E-state index contributed by atoms with van der Waals surface area (Å²) in [6.07, 6.45) is 1.60. The minimum atomic E-state index is -0.794. The summed E-state index contributed by atoms with van der Waals surface area (Å²) in [4.78, 5) is 29.0. The van der Waals surface area contributed by atoms with Gasteiger partial charge in [0.1, 0.15) is 17.6 Å². The van der Waals surface area contributed by atoms with E-state index in [-0.39, 0.29) is 11.5 Å². The molecule has 138 valence electrons. The summed E-state index contributed by atoms with van der Waals surface area (Å²) < 4.78 is 6.32. The predicted molar refractivity (Wildman–Crippen MR) is 103 cm³/mol. The lowest BCUT2D eigenvalue weighted by molar-refractivity contribution is -0.119. The van der Waals surface area contributed by atoms with Crippen LogP contribution in [0.2, 0.25) is 0 Å². The molecule has 1 N–H and O–H groups in total. The van der Waals surface area contributed by atoms with Crippen LogP contribution >= 0.6 is 0 Å². The molecule has 27 heavy (non-hydrogen) atoms. The number of nitrogens with zero attached hydrogens (tertiary/aromatic N) is 3. The van der Waals surface area contributed by atoms with Gasteiger partial charge in [0.2, 0.25) is 5.91 Å². The highest BCUT2D eigenvalue weighted by molar-refractivity contribution is 5.93. The summed E-state index contributed by atoms with van der Waals surface area (Å²) in [5.41, 5.74) is 1.89. The molecule has 7 heteroatoms. The molecule has 1 amide bonds. The van der Waals surface area contributed by atoms with E-state index in [1.54, 1.807) is 32.4 Å². The van der Waals surface area contributed by atoms with E-state index < -0.39 is 6.04 Å². The van der Waals surface area contributed by atoms with Gasteiger partial charge in [-0.05, 0) is 55.8 Å². The van der Waals surface area contributed by atoms with Gasteiger partial charge in [-0.1, -0.05) is 6.07 Å². The molecule has 2 heterocycles. The maximum absolute atomic E-state index is 12.6. The minimum absolute atomic E-state index is 0.354. The summed E-state index contributed by atoms with van der Waals surface area (Å²) in [5, 5.41) is 7.11. The van der Waals surface area contributed by atoms with Gasteiger partial charge in [-0.2, -0.15) is 5.10 Å². The van der Waals surface area contributed by atoms with Gasteiger partial charge in [0.25, 0.3) is 5.56 Å². The Bertz CT molecular complexity index is 1010. The first kappa shape index (κ1) is 18.3. The first-order chi connectivity index (χ1) is 13.0. The molecule has 0 fully saturated rings. The van der Waals surface area contributed by atoms with Crippen molar-refractivity contribution in [1.29, 1.82) is 0 Å². The fourth-order valence-corrected chi connectivity index (χ4v) is 2.57. The zero-order chi connectivity index (χ0) is 19.4. The third kappa shape index (κ3) is 4.03. The molecule has 0 aliphatic carbocycles. The van der Waals surface area contributed by atoms with Gasteiger partial charge in [-0.25, -0.2) is 9.67 Å². The van der Waals surface area contributed by atoms with Crippen LogP contribution < -0.4 is 15.6 Å². The monoisotopic (exact) mass is 364 g/mol. The second kappa shape index (κ2) is 7.82. The Morgan fingerprint density at radius 2 is 1.89 bits per heavy atom. The number of hydrogen-bond donors (Lipinski definition) is 1. The van der Waals surface area contributed by atoms with Crippen LogP contribution in [-0.4, -0.2) is 27.8 Å². The molecule has 1 unspecified atom stereocenters. The van der Waals surface area contributed by atoms with Gasteiger partial charge in [0.15, 0.2) is 0 Å². The van der Waals surface area contributed by atoms with Crippen LogP contribution in [-0.2, 0) is 4.79 Å². The number of hydrogen-bond acceptors (Lipinski definition) is 5. The van der Waals surface area contributed by atoms with Crippen molar-refractivity contribution in [2.24, 2.45) is 0 Å². The van der Waals surface area contributed by atoms with Crippen molar-refractivity contribution < 1.29 is 9.53 Å². The first-order valence-electron chi connectivity index (χ1n) is 8.46. The van der Waals surface area contributed by atoms with Crippen LogP contribution in [0.15, 0.2) is 59.5 Å². The number of amides is 1. The van der Waals surface area contributed by atoms with Crippen molar-refractivity contribution in [1.82, 2.24) is 14.8 Å². The molecule has 2 aromatic heterocycles. The van der Waals surface area contributed by atoms with Crippen LogP contribution in [0.3, 0.4) is 0 Å². The number of anilines is 1. The van der Waals surface area contributed by atoms with Crippen molar-refractivity contribution >= 4 is 11.7 Å². The number of rotatable bonds is 5. The van der Waals surface area contributed by atoms with E-state index in [0.717, 1.165) is 16.9 Å². The standard InChI is InChI=1S/C20H20N4O3/c1-13-5-4-12-21-19(13)22-20(26)14(2)24-18(25)11-10-17(23-24)15-6-8-16(27-3)9-7-15/h4-12,14H,1-3H3,(H,21,22,26). The van der Waals surface area contributed by atoms with E-state index >= 15 is 0 Å². The Morgan fingerprint density at radius 3 is 2.56 bits per heavy atom. The van der Waals surface area contributed by atoms with E-state index in [2.05, 4.69) is 15.4 Å². The number of carbonyl (C=O) groups excluding carboxylic acids is 1. The zero-order valence-electron chi connectivity index (χ0n) is 15.3. The maximum Gasteiger partial charge on any atom is 0.267 e. The fraction of sp³-hybridized carbons (Fsp3) is 0.200. The average molecular weight is 364 g/mol. The molecule has 3 aromatic rings. The highest BCUT2D eigenvalue weighted by Gasteiger charge is 2.19. The molecule has 0 spiro atoms. The minimum Gasteiger partial charge on any atom is -0.497 e. The largest absolute Gasteiger partial charge is 0.497 e. The molecular formula is C20H20N4O3. The maximum atomic E-state index is 12.6. The number of pyridine rings is 1. The number of benzene rings is 1. The number of methoxy groups -OCH3 is 1. The smallest absolute Gasteiger partial charge is 0.267 e. The normalized spacial score (nSPS) is 11.7. The third-order valence-electron chi connectivity index (χ3n) is 4.21. The molecule has 0 saturated carbocycles. The first-order valence-corrected chi connectivity index (χ1v) is 8.46. The van der Waals surface area contributed by atoms with Gasteiger partial charge in [0, 0.05) is 17.8 Å². The quantitative estimate of drug-likeness (QED) is 0.752. The Hall–Kier alpha value is -3.48. The zero-order valence-corrected chi connectivity index (χ0v) is 15.3. The van der Waals surface area contributed by atoms with Crippen molar-refractivity contribution in [3.05, 3.63) is 70.6 Å². The van der Waals surface area contributed by atoms with Crippen LogP contribution in [0.4, 0.5) is 5.82 Å². The van der Waals surface area contributed by atoms with Crippen molar-refractivity contribution in [2.45, 2.75) is 19.9 Å². The summed E-state index contributed by atoms with van der Waals surface area (Å²) in [7, 11) is 1.59. The number of nitrogens with one attached hydrogen (secondary N) is 1. The number of aromatic nitrogens is 3. The second-order valence-electron chi connectivity index (χ2n) is 6.06. The molecule has 0 aliphatic rings. The van der Waals surface area contributed by atoms with E-state index in [1.165, 1.54) is 10.7 Å². The molecule has 1 aromatic carbocycles. The van der Waals surface area contributed by atoms with Crippen LogP contribution in [0.25, 0.3) is 11.3 Å². The number of ether oxygens (including phenoxy) is 1. The molecular weight excluding hydrogens is 344 g/mol. The Balaban J connectivity index is 1.87. The molecule has 1 atom stereocenters. The average Bonchev–Trinajstić information content (AvgIpc) is 2.69. The molecule has 3 rings (SSSR count). The highest BCUT2D eigenvalue weighted by Crippen LogP contribution is 2.20. The van der Waals surface area contributed by atoms with E-state index in [0.29, 0.717) is 11.5 Å². The van der Waals surface area contributed by atoms with Crippen LogP contribution in [0.1, 0.15) is 18.5 Å². The van der Waals surface area contributed by atoms with Gasteiger partial charge >= 0.3 is 0 Å². The molecule has 0 radical (unpaired) electrons. The fourth-order valence-electron chi connectivity index (χ4n) is 2.57. The Kier molecular flexibility index (Phi) is 5.30. The van der Waals surface area contributed by atoms with Crippen LogP contribution in [0, 0.1) is 6.92 Å². The van der Waals surface area contributed by atoms with Gasteiger partial charge in [0.05, 0.1) is 12.8 Å². The molecule has 0 saturated heterocycles. The van der Waals surface area contributed by atoms with Crippen molar-refractivity contribution in [3.63, 3.8) is 0 Å². The summed E-state index contributed by atoms with van der Waals surface area (Å²) in [6, 6.07) is 13.2. The van der Waals surface area contributed by atoms with Gasteiger partial charge in [-0.3, -0.25) is 9.59 Å². The molecule has 0 aliphatic heterocycles. The van der Waals surface area contributed by atoms with Gasteiger partial charge < -0.3 is 10.1 Å². The SMILES string of the molecule is COc1ccc(-c2ccc(=O)n(C(C)C(=O)Nc3ncccc3C)n2)cc1. The predicted octanol–water partition coefficient (Wildman–Crippen LogP) is 2.82. The Morgan fingerprint density at radius 1 is 1.15 bits per heavy atom. The lowest BCUT2D eigenvalue weighted by Crippen LogP contribution is -2.33. The van der Waals surface area contributed by atoms with Gasteiger partial charge in [-0.15, -0.1) is 0 Å².